The van der Waals surface area contributed by atoms with E-state index in [0.717, 1.165) is 29.2 Å². The third kappa shape index (κ3) is 2.40. The van der Waals surface area contributed by atoms with Crippen molar-refractivity contribution in [2.24, 2.45) is 4.99 Å². The van der Waals surface area contributed by atoms with Crippen LogP contribution in [0.25, 0.3) is 11.4 Å². The van der Waals surface area contributed by atoms with E-state index in [0.29, 0.717) is 6.67 Å². The molecule has 1 unspecified atom stereocenters. The first-order valence-corrected chi connectivity index (χ1v) is 9.35. The normalized spacial score (nSPS) is 19.2. The lowest BCUT2D eigenvalue weighted by molar-refractivity contribution is 0.261. The maximum Gasteiger partial charge on any atom is 0.349 e. The van der Waals surface area contributed by atoms with Gasteiger partial charge in [-0.15, -0.1) is 0 Å². The van der Waals surface area contributed by atoms with Crippen LogP contribution >= 0.6 is 11.8 Å². The lowest BCUT2D eigenvalue weighted by Gasteiger charge is -2.41. The molecule has 3 aromatic rings. The molecule has 2 aromatic carbocycles. The fourth-order valence-electron chi connectivity index (χ4n) is 3.82. The zero-order valence-electron chi connectivity index (χ0n) is 15.2. The first-order valence-electron chi connectivity index (χ1n) is 9.02. The lowest BCUT2D eigenvalue weighted by Crippen LogP contribution is -2.46. The number of para-hydroxylation sites is 1. The van der Waals surface area contributed by atoms with Gasteiger partial charge in [0, 0.05) is 23.4 Å². The smallest absolute Gasteiger partial charge is 0.313 e. The number of fused-ring (bicyclic) bond motifs is 6. The van der Waals surface area contributed by atoms with E-state index in [-0.39, 0.29) is 23.6 Å². The fraction of sp³-hybridized carbons (Fsp3) is 0.105. The molecule has 3 aliphatic rings. The van der Waals surface area contributed by atoms with Gasteiger partial charge in [-0.25, -0.2) is 18.8 Å². The molecule has 4 heterocycles. The van der Waals surface area contributed by atoms with E-state index in [1.165, 1.54) is 10.5 Å². The average Bonchev–Trinajstić information content (AvgIpc) is 3.45. The Labute approximate surface area is 173 Å². The largest absolute Gasteiger partial charge is 0.349 e. The van der Waals surface area contributed by atoms with E-state index >= 15 is 0 Å². The van der Waals surface area contributed by atoms with Gasteiger partial charge in [-0.1, -0.05) is 23.4 Å². The summed E-state index contributed by atoms with van der Waals surface area (Å²) in [5.41, 5.74) is 2.04. The molecule has 150 valence electrons. The first-order chi connectivity index (χ1) is 14.6. The second kappa shape index (κ2) is 6.17. The minimum absolute atomic E-state index is 0.00740. The highest BCUT2D eigenvalue weighted by molar-refractivity contribution is 6.14. The highest BCUT2D eigenvalue weighted by atomic mass is 35.5. The van der Waals surface area contributed by atoms with E-state index in [4.69, 9.17) is 16.3 Å². The number of nitrogens with zero attached hydrogens (tertiary/aromatic N) is 7. The number of rotatable bonds is 2. The molecule has 6 rings (SSSR count). The fourth-order valence-corrected chi connectivity index (χ4v) is 4.01. The number of hydrogen-bond donors (Lipinski definition) is 0. The van der Waals surface area contributed by atoms with E-state index in [2.05, 4.69) is 15.1 Å². The topological polar surface area (TPSA) is 64.2 Å². The standard InChI is InChI=1S/C19H12ClF2N7O/c20-26-8-16-27(10-26)15-4-2-1-3-13(15)18-23-9-28(29(16)18)19-24-17(25-30-19)12-6-5-11(21)7-14(12)22/h1-9,18H,10H2. The number of halogens is 3. The van der Waals surface area contributed by atoms with Crippen molar-refractivity contribution in [2.75, 3.05) is 16.6 Å². The van der Waals surface area contributed by atoms with Crippen molar-refractivity contribution in [3.05, 3.63) is 71.7 Å². The molecular weight excluding hydrogens is 416 g/mol. The monoisotopic (exact) mass is 427 g/mol. The molecule has 0 amide bonds. The molecule has 0 radical (unpaired) electrons. The highest BCUT2D eigenvalue weighted by Crippen LogP contribution is 2.46. The summed E-state index contributed by atoms with van der Waals surface area (Å²) in [5, 5.41) is 7.31. The van der Waals surface area contributed by atoms with Crippen LogP contribution in [0.5, 0.6) is 0 Å². The summed E-state index contributed by atoms with van der Waals surface area (Å²) >= 11 is 6.26. The number of aliphatic imine (C=N–C) groups is 1. The molecule has 30 heavy (non-hydrogen) atoms. The molecular formula is C19H12ClF2N7O. The zero-order chi connectivity index (χ0) is 20.4. The molecule has 1 atom stereocenters. The maximum atomic E-state index is 14.1. The Bertz CT molecular complexity index is 1230. The quantitative estimate of drug-likeness (QED) is 0.576. The van der Waals surface area contributed by atoms with Crippen molar-refractivity contribution in [1.29, 1.82) is 0 Å². The van der Waals surface area contributed by atoms with E-state index in [1.54, 1.807) is 17.5 Å². The van der Waals surface area contributed by atoms with Crippen molar-refractivity contribution < 1.29 is 13.3 Å². The predicted molar refractivity (Wildman–Crippen MR) is 105 cm³/mol. The third-order valence-electron chi connectivity index (χ3n) is 5.11. The Balaban J connectivity index is 1.41. The van der Waals surface area contributed by atoms with Crippen LogP contribution in [-0.2, 0) is 0 Å². The molecule has 0 saturated carbocycles. The summed E-state index contributed by atoms with van der Waals surface area (Å²) in [6, 6.07) is 11.2. The molecule has 0 N–H and O–H groups in total. The summed E-state index contributed by atoms with van der Waals surface area (Å²) in [7, 11) is 0. The highest BCUT2D eigenvalue weighted by Gasteiger charge is 2.45. The molecule has 0 bridgehead atoms. The summed E-state index contributed by atoms with van der Waals surface area (Å²) in [6.45, 7) is 0.459. The van der Waals surface area contributed by atoms with Crippen molar-refractivity contribution in [1.82, 2.24) is 19.6 Å². The molecule has 0 saturated heterocycles. The Kier molecular flexibility index (Phi) is 3.54. The minimum atomic E-state index is -0.773. The summed E-state index contributed by atoms with van der Waals surface area (Å²) in [6.07, 6.45) is 3.01. The Morgan fingerprint density at radius 1 is 1.13 bits per heavy atom. The second-order valence-electron chi connectivity index (χ2n) is 6.87. The number of hydrogen-bond acceptors (Lipinski definition) is 8. The summed E-state index contributed by atoms with van der Waals surface area (Å²) in [4.78, 5) is 10.9. The first kappa shape index (κ1) is 17.2. The third-order valence-corrected chi connectivity index (χ3v) is 5.32. The summed E-state index contributed by atoms with van der Waals surface area (Å²) < 4.78 is 34.3. The van der Waals surface area contributed by atoms with Gasteiger partial charge in [0.05, 0.1) is 17.5 Å². The van der Waals surface area contributed by atoms with Gasteiger partial charge < -0.3 is 9.42 Å². The van der Waals surface area contributed by atoms with Gasteiger partial charge in [0.2, 0.25) is 5.82 Å². The van der Waals surface area contributed by atoms with Crippen molar-refractivity contribution >= 4 is 29.8 Å². The van der Waals surface area contributed by atoms with Gasteiger partial charge in [-0.05, 0) is 18.2 Å². The summed E-state index contributed by atoms with van der Waals surface area (Å²) in [5.74, 6) is -0.670. The van der Waals surface area contributed by atoms with E-state index in [1.807, 2.05) is 34.2 Å². The zero-order valence-corrected chi connectivity index (χ0v) is 15.9. The van der Waals surface area contributed by atoms with Crippen LogP contribution in [0.1, 0.15) is 11.7 Å². The number of hydrazine groups is 1. The van der Waals surface area contributed by atoms with Gasteiger partial charge in [0.1, 0.15) is 30.5 Å². The number of anilines is 2. The molecule has 3 aliphatic heterocycles. The van der Waals surface area contributed by atoms with E-state index in [9.17, 15) is 8.78 Å². The van der Waals surface area contributed by atoms with Crippen LogP contribution in [0, 0.1) is 11.6 Å². The minimum Gasteiger partial charge on any atom is -0.313 e. The van der Waals surface area contributed by atoms with Crippen molar-refractivity contribution in [3.8, 4) is 11.4 Å². The molecule has 1 aromatic heterocycles. The van der Waals surface area contributed by atoms with Gasteiger partial charge in [0.25, 0.3) is 0 Å². The van der Waals surface area contributed by atoms with Gasteiger partial charge in [-0.3, -0.25) is 4.42 Å². The number of benzene rings is 2. The van der Waals surface area contributed by atoms with Crippen LogP contribution in [-0.4, -0.2) is 32.6 Å². The lowest BCUT2D eigenvalue weighted by atomic mass is 10.1. The SMILES string of the molecule is Fc1ccc(-c2noc(N3C=NC4c5ccccc5N5CN(Cl)C=C5N43)n2)c(F)c1. The molecule has 0 aliphatic carbocycles. The maximum absolute atomic E-state index is 14.1. The van der Waals surface area contributed by atoms with Crippen LogP contribution < -0.4 is 9.91 Å². The van der Waals surface area contributed by atoms with Gasteiger partial charge in [0.15, 0.2) is 6.17 Å². The van der Waals surface area contributed by atoms with Gasteiger partial charge in [-0.2, -0.15) is 9.99 Å². The van der Waals surface area contributed by atoms with Crippen LogP contribution in [0.3, 0.4) is 0 Å². The van der Waals surface area contributed by atoms with Crippen LogP contribution in [0.4, 0.5) is 20.5 Å². The molecule has 0 spiro atoms. The Hall–Kier alpha value is -3.66. The molecule has 11 heteroatoms. The molecule has 8 nitrogen and oxygen atoms in total. The van der Waals surface area contributed by atoms with Crippen molar-refractivity contribution in [3.63, 3.8) is 0 Å². The molecule has 0 fully saturated rings. The van der Waals surface area contributed by atoms with Crippen LogP contribution in [0.15, 0.2) is 64.0 Å². The van der Waals surface area contributed by atoms with Gasteiger partial charge >= 0.3 is 6.01 Å². The van der Waals surface area contributed by atoms with Crippen LogP contribution in [0.2, 0.25) is 0 Å². The Morgan fingerprint density at radius 2 is 2.00 bits per heavy atom. The average molecular weight is 428 g/mol. The van der Waals surface area contributed by atoms with E-state index < -0.39 is 11.6 Å². The Morgan fingerprint density at radius 3 is 2.87 bits per heavy atom. The number of aromatic nitrogens is 2. The second-order valence-corrected chi connectivity index (χ2v) is 7.30. The van der Waals surface area contributed by atoms with Crippen molar-refractivity contribution in [2.45, 2.75) is 6.17 Å². The predicted octanol–water partition coefficient (Wildman–Crippen LogP) is 3.82.